The Morgan fingerprint density at radius 1 is 1.67 bits per heavy atom. The van der Waals surface area contributed by atoms with Crippen molar-refractivity contribution < 1.29 is 9.90 Å². The van der Waals surface area contributed by atoms with E-state index in [0.29, 0.717) is 10.6 Å². The van der Waals surface area contributed by atoms with Crippen molar-refractivity contribution in [2.75, 3.05) is 6.61 Å². The van der Waals surface area contributed by atoms with Crippen LogP contribution in [0.5, 0.6) is 0 Å². The second-order valence-electron chi connectivity index (χ2n) is 3.85. The van der Waals surface area contributed by atoms with Gasteiger partial charge >= 0.3 is 0 Å². The van der Waals surface area contributed by atoms with E-state index < -0.39 is 5.54 Å². The molecule has 0 aliphatic heterocycles. The van der Waals surface area contributed by atoms with Gasteiger partial charge in [-0.25, -0.2) is 0 Å². The lowest BCUT2D eigenvalue weighted by Gasteiger charge is -2.23. The highest BCUT2D eigenvalue weighted by Gasteiger charge is 2.21. The standard InChI is InChI=1S/C10H13ClN2O2/c1-10(2,6-14)13-9(15)7-5-12-4-3-8(7)11/h3-5,14H,6H2,1-2H3,(H,13,15). The lowest BCUT2D eigenvalue weighted by atomic mass is 10.1. The van der Waals surface area contributed by atoms with Gasteiger partial charge in [0.2, 0.25) is 0 Å². The van der Waals surface area contributed by atoms with Crippen molar-refractivity contribution >= 4 is 17.5 Å². The summed E-state index contributed by atoms with van der Waals surface area (Å²) in [4.78, 5) is 15.5. The summed E-state index contributed by atoms with van der Waals surface area (Å²) in [6, 6.07) is 1.54. The molecule has 0 aliphatic carbocycles. The zero-order valence-corrected chi connectivity index (χ0v) is 9.38. The monoisotopic (exact) mass is 228 g/mol. The number of nitrogens with one attached hydrogen (secondary N) is 1. The van der Waals surface area contributed by atoms with Crippen LogP contribution in [0.25, 0.3) is 0 Å². The van der Waals surface area contributed by atoms with Gasteiger partial charge in [-0.05, 0) is 19.9 Å². The first-order valence-electron chi connectivity index (χ1n) is 4.49. The van der Waals surface area contributed by atoms with Crippen molar-refractivity contribution in [3.63, 3.8) is 0 Å². The number of amides is 1. The molecule has 0 spiro atoms. The Hall–Kier alpha value is -1.13. The third kappa shape index (κ3) is 3.18. The minimum atomic E-state index is -0.670. The number of hydrogen-bond acceptors (Lipinski definition) is 3. The first-order valence-corrected chi connectivity index (χ1v) is 4.87. The minimum absolute atomic E-state index is 0.142. The van der Waals surface area contributed by atoms with E-state index in [-0.39, 0.29) is 12.5 Å². The number of carbonyl (C=O) groups is 1. The Morgan fingerprint density at radius 2 is 2.33 bits per heavy atom. The number of carbonyl (C=O) groups excluding carboxylic acids is 1. The molecule has 4 nitrogen and oxygen atoms in total. The molecule has 0 radical (unpaired) electrons. The van der Waals surface area contributed by atoms with Gasteiger partial charge in [0.05, 0.1) is 22.7 Å². The van der Waals surface area contributed by atoms with E-state index in [4.69, 9.17) is 16.7 Å². The first-order chi connectivity index (χ1) is 6.96. The van der Waals surface area contributed by atoms with Gasteiger partial charge in [-0.1, -0.05) is 11.6 Å². The summed E-state index contributed by atoms with van der Waals surface area (Å²) < 4.78 is 0. The molecule has 0 bridgehead atoms. The molecule has 2 N–H and O–H groups in total. The molecule has 15 heavy (non-hydrogen) atoms. The van der Waals surface area contributed by atoms with Crippen LogP contribution >= 0.6 is 11.6 Å². The molecular weight excluding hydrogens is 216 g/mol. The van der Waals surface area contributed by atoms with Crippen molar-refractivity contribution in [1.82, 2.24) is 10.3 Å². The number of rotatable bonds is 3. The Bertz CT molecular complexity index is 366. The van der Waals surface area contributed by atoms with Crippen LogP contribution in [0.15, 0.2) is 18.5 Å². The summed E-state index contributed by atoms with van der Waals surface area (Å²) in [6.45, 7) is 3.29. The summed E-state index contributed by atoms with van der Waals surface area (Å²) >= 11 is 5.83. The highest BCUT2D eigenvalue weighted by atomic mass is 35.5. The van der Waals surface area contributed by atoms with Crippen molar-refractivity contribution in [1.29, 1.82) is 0 Å². The fraction of sp³-hybridized carbons (Fsp3) is 0.400. The highest BCUT2D eigenvalue weighted by Crippen LogP contribution is 2.14. The maximum Gasteiger partial charge on any atom is 0.254 e. The van der Waals surface area contributed by atoms with E-state index in [1.54, 1.807) is 19.9 Å². The predicted molar refractivity (Wildman–Crippen MR) is 57.9 cm³/mol. The average Bonchev–Trinajstić information content (AvgIpc) is 2.17. The van der Waals surface area contributed by atoms with Gasteiger partial charge in [0, 0.05) is 12.4 Å². The van der Waals surface area contributed by atoms with Gasteiger partial charge in [-0.2, -0.15) is 0 Å². The largest absolute Gasteiger partial charge is 0.394 e. The molecule has 1 aromatic heterocycles. The van der Waals surface area contributed by atoms with Crippen molar-refractivity contribution in [2.24, 2.45) is 0 Å². The zero-order valence-electron chi connectivity index (χ0n) is 8.62. The van der Waals surface area contributed by atoms with Gasteiger partial charge in [0.1, 0.15) is 0 Å². The fourth-order valence-corrected chi connectivity index (χ4v) is 1.15. The van der Waals surface area contributed by atoms with Crippen LogP contribution in [0.1, 0.15) is 24.2 Å². The van der Waals surface area contributed by atoms with Crippen LogP contribution in [-0.2, 0) is 0 Å². The lowest BCUT2D eigenvalue weighted by molar-refractivity contribution is 0.0869. The number of hydrogen-bond donors (Lipinski definition) is 2. The second kappa shape index (κ2) is 4.59. The summed E-state index contributed by atoms with van der Waals surface area (Å²) in [7, 11) is 0. The Labute approximate surface area is 93.3 Å². The number of halogens is 1. The minimum Gasteiger partial charge on any atom is -0.394 e. The zero-order chi connectivity index (χ0) is 11.5. The third-order valence-corrected chi connectivity index (χ3v) is 2.19. The van der Waals surface area contributed by atoms with Crippen molar-refractivity contribution in [3.05, 3.63) is 29.0 Å². The van der Waals surface area contributed by atoms with Gasteiger partial charge < -0.3 is 10.4 Å². The Balaban J connectivity index is 2.83. The van der Waals surface area contributed by atoms with Crippen molar-refractivity contribution in [2.45, 2.75) is 19.4 Å². The van der Waals surface area contributed by atoms with Crippen LogP contribution in [0, 0.1) is 0 Å². The lowest BCUT2D eigenvalue weighted by Crippen LogP contribution is -2.46. The maximum absolute atomic E-state index is 11.7. The highest BCUT2D eigenvalue weighted by molar-refractivity contribution is 6.33. The first kappa shape index (κ1) is 11.9. The van der Waals surface area contributed by atoms with Crippen LogP contribution < -0.4 is 5.32 Å². The normalized spacial score (nSPS) is 11.2. The predicted octanol–water partition coefficient (Wildman–Crippen LogP) is 1.24. The molecule has 0 saturated carbocycles. The summed E-state index contributed by atoms with van der Waals surface area (Å²) in [5, 5.41) is 12.0. The Kier molecular flexibility index (Phi) is 3.66. The molecule has 1 amide bonds. The molecule has 5 heteroatoms. The SMILES string of the molecule is CC(C)(CO)NC(=O)c1cnccc1Cl. The summed E-state index contributed by atoms with van der Waals surface area (Å²) in [6.07, 6.45) is 2.90. The second-order valence-corrected chi connectivity index (χ2v) is 4.26. The van der Waals surface area contributed by atoms with E-state index in [9.17, 15) is 4.79 Å². The van der Waals surface area contributed by atoms with Gasteiger partial charge in [0.25, 0.3) is 5.91 Å². The molecule has 1 heterocycles. The molecular formula is C10H13ClN2O2. The van der Waals surface area contributed by atoms with Gasteiger partial charge in [-0.3, -0.25) is 9.78 Å². The molecule has 0 unspecified atom stereocenters. The average molecular weight is 229 g/mol. The molecule has 1 rings (SSSR count). The fourth-order valence-electron chi connectivity index (χ4n) is 0.959. The van der Waals surface area contributed by atoms with Crippen molar-refractivity contribution in [3.8, 4) is 0 Å². The van der Waals surface area contributed by atoms with Crippen LogP contribution in [0.2, 0.25) is 5.02 Å². The topological polar surface area (TPSA) is 62.2 Å². The smallest absolute Gasteiger partial charge is 0.254 e. The quantitative estimate of drug-likeness (QED) is 0.818. The number of aromatic nitrogens is 1. The maximum atomic E-state index is 11.7. The number of nitrogens with zero attached hydrogens (tertiary/aromatic N) is 1. The number of aliphatic hydroxyl groups is 1. The molecule has 1 aromatic rings. The van der Waals surface area contributed by atoms with E-state index in [0.717, 1.165) is 0 Å². The van der Waals surface area contributed by atoms with Crippen LogP contribution in [0.3, 0.4) is 0 Å². The summed E-state index contributed by atoms with van der Waals surface area (Å²) in [5.74, 6) is -0.341. The molecule has 0 fully saturated rings. The van der Waals surface area contributed by atoms with E-state index in [2.05, 4.69) is 10.3 Å². The Morgan fingerprint density at radius 3 is 2.87 bits per heavy atom. The molecule has 82 valence electrons. The van der Waals surface area contributed by atoms with Gasteiger partial charge in [-0.15, -0.1) is 0 Å². The van der Waals surface area contributed by atoms with E-state index in [1.807, 2.05) is 0 Å². The molecule has 0 aromatic carbocycles. The van der Waals surface area contributed by atoms with E-state index in [1.165, 1.54) is 12.4 Å². The molecule has 0 saturated heterocycles. The molecule has 0 atom stereocenters. The number of aliphatic hydroxyl groups excluding tert-OH is 1. The number of pyridine rings is 1. The molecule has 0 aliphatic rings. The summed E-state index contributed by atoms with van der Waals surface area (Å²) in [5.41, 5.74) is -0.364. The third-order valence-electron chi connectivity index (χ3n) is 1.86. The van der Waals surface area contributed by atoms with Crippen LogP contribution in [0.4, 0.5) is 0 Å². The van der Waals surface area contributed by atoms with E-state index >= 15 is 0 Å². The van der Waals surface area contributed by atoms with Gasteiger partial charge in [0.15, 0.2) is 0 Å². The van der Waals surface area contributed by atoms with Crippen LogP contribution in [-0.4, -0.2) is 28.1 Å².